The second-order valence-corrected chi connectivity index (χ2v) is 7.11. The molecule has 0 aliphatic heterocycles. The minimum atomic E-state index is -0.134. The van der Waals surface area contributed by atoms with Gasteiger partial charge in [-0.2, -0.15) is 0 Å². The van der Waals surface area contributed by atoms with E-state index in [0.29, 0.717) is 29.8 Å². The summed E-state index contributed by atoms with van der Waals surface area (Å²) in [4.78, 5) is 12.2. The standard InChI is InChI=1S/C20H18N4O4S/c25-15-7-5-14(6-8-15)19-22-23-20(24(19)12-17-4-2-10-28-17)29-13-18(26)21-11-16-3-1-9-27-16/h1-10,25H,11-13H2,(H,21,26). The Morgan fingerprint density at radius 3 is 2.45 bits per heavy atom. The monoisotopic (exact) mass is 410 g/mol. The molecule has 4 aromatic rings. The van der Waals surface area contributed by atoms with Crippen LogP contribution in [0.4, 0.5) is 0 Å². The molecule has 9 heteroatoms. The number of phenols is 1. The van der Waals surface area contributed by atoms with Crippen LogP contribution < -0.4 is 5.32 Å². The Balaban J connectivity index is 1.49. The van der Waals surface area contributed by atoms with Crippen molar-refractivity contribution >= 4 is 17.7 Å². The molecule has 8 nitrogen and oxygen atoms in total. The number of carbonyl (C=O) groups excluding carboxylic acids is 1. The van der Waals surface area contributed by atoms with E-state index in [2.05, 4.69) is 15.5 Å². The van der Waals surface area contributed by atoms with E-state index in [1.807, 2.05) is 16.7 Å². The molecule has 0 atom stereocenters. The van der Waals surface area contributed by atoms with Gasteiger partial charge in [0.1, 0.15) is 17.3 Å². The van der Waals surface area contributed by atoms with Crippen molar-refractivity contribution in [3.63, 3.8) is 0 Å². The zero-order valence-electron chi connectivity index (χ0n) is 15.3. The van der Waals surface area contributed by atoms with Crippen LogP contribution in [-0.4, -0.2) is 31.5 Å². The quantitative estimate of drug-likeness (QED) is 0.429. The summed E-state index contributed by atoms with van der Waals surface area (Å²) in [7, 11) is 0. The molecule has 1 amide bonds. The number of carbonyl (C=O) groups is 1. The number of benzene rings is 1. The molecule has 0 unspecified atom stereocenters. The Morgan fingerprint density at radius 1 is 1.03 bits per heavy atom. The fourth-order valence-corrected chi connectivity index (χ4v) is 3.47. The number of hydrogen-bond acceptors (Lipinski definition) is 7. The molecule has 0 saturated carbocycles. The van der Waals surface area contributed by atoms with Crippen molar-refractivity contribution in [2.45, 2.75) is 18.2 Å². The maximum Gasteiger partial charge on any atom is 0.230 e. The molecule has 4 rings (SSSR count). The normalized spacial score (nSPS) is 10.9. The second-order valence-electron chi connectivity index (χ2n) is 6.16. The Bertz CT molecular complexity index is 1060. The van der Waals surface area contributed by atoms with Crippen molar-refractivity contribution in [2.75, 3.05) is 5.75 Å². The second kappa shape index (κ2) is 8.70. The fraction of sp³-hybridized carbons (Fsp3) is 0.150. The molecular weight excluding hydrogens is 392 g/mol. The van der Waals surface area contributed by atoms with Crippen LogP contribution in [0.2, 0.25) is 0 Å². The Hall–Kier alpha value is -3.46. The van der Waals surface area contributed by atoms with Gasteiger partial charge in [0.15, 0.2) is 11.0 Å². The summed E-state index contributed by atoms with van der Waals surface area (Å²) in [6.07, 6.45) is 3.17. The lowest BCUT2D eigenvalue weighted by Crippen LogP contribution is -2.24. The van der Waals surface area contributed by atoms with E-state index >= 15 is 0 Å². The number of amides is 1. The number of nitrogens with one attached hydrogen (secondary N) is 1. The number of thioether (sulfide) groups is 1. The first kappa shape index (κ1) is 18.9. The summed E-state index contributed by atoms with van der Waals surface area (Å²) in [5.74, 6) is 2.29. The lowest BCUT2D eigenvalue weighted by atomic mass is 10.2. The molecule has 0 aliphatic rings. The van der Waals surface area contributed by atoms with Crippen molar-refractivity contribution in [3.05, 3.63) is 72.6 Å². The van der Waals surface area contributed by atoms with Gasteiger partial charge in [-0.15, -0.1) is 10.2 Å². The van der Waals surface area contributed by atoms with E-state index in [-0.39, 0.29) is 17.4 Å². The van der Waals surface area contributed by atoms with Gasteiger partial charge in [0.25, 0.3) is 0 Å². The number of hydrogen-bond donors (Lipinski definition) is 2. The van der Waals surface area contributed by atoms with E-state index in [4.69, 9.17) is 8.83 Å². The zero-order valence-corrected chi connectivity index (χ0v) is 16.1. The van der Waals surface area contributed by atoms with Crippen LogP contribution in [0.5, 0.6) is 5.75 Å². The average molecular weight is 410 g/mol. The summed E-state index contributed by atoms with van der Waals surface area (Å²) in [6.45, 7) is 0.761. The van der Waals surface area contributed by atoms with E-state index in [9.17, 15) is 9.90 Å². The summed E-state index contributed by atoms with van der Waals surface area (Å²) < 4.78 is 12.6. The van der Waals surface area contributed by atoms with Gasteiger partial charge < -0.3 is 19.3 Å². The summed E-state index contributed by atoms with van der Waals surface area (Å²) in [5, 5.41) is 21.5. The summed E-state index contributed by atoms with van der Waals surface area (Å²) >= 11 is 1.29. The molecule has 2 N–H and O–H groups in total. The summed E-state index contributed by atoms with van der Waals surface area (Å²) in [6, 6.07) is 14.0. The number of phenolic OH excluding ortho intramolecular Hbond substituents is 1. The van der Waals surface area contributed by atoms with Crippen LogP contribution >= 0.6 is 11.8 Å². The van der Waals surface area contributed by atoms with E-state index in [1.54, 1.807) is 48.9 Å². The average Bonchev–Trinajstić information content (AvgIpc) is 3.49. The molecule has 0 bridgehead atoms. The number of nitrogens with zero attached hydrogens (tertiary/aromatic N) is 3. The first-order chi connectivity index (χ1) is 14.2. The third-order valence-corrected chi connectivity index (χ3v) is 5.08. The minimum absolute atomic E-state index is 0.134. The van der Waals surface area contributed by atoms with Gasteiger partial charge >= 0.3 is 0 Å². The van der Waals surface area contributed by atoms with Crippen molar-refractivity contribution in [3.8, 4) is 17.1 Å². The first-order valence-corrected chi connectivity index (χ1v) is 9.84. The third-order valence-electron chi connectivity index (χ3n) is 4.11. The topological polar surface area (TPSA) is 106 Å². The Morgan fingerprint density at radius 2 is 1.76 bits per heavy atom. The van der Waals surface area contributed by atoms with Gasteiger partial charge in [-0.25, -0.2) is 0 Å². The molecule has 0 fully saturated rings. The van der Waals surface area contributed by atoms with Crippen molar-refractivity contribution in [2.24, 2.45) is 0 Å². The van der Waals surface area contributed by atoms with Crippen LogP contribution in [-0.2, 0) is 17.9 Å². The van der Waals surface area contributed by atoms with Gasteiger partial charge in [0.2, 0.25) is 5.91 Å². The van der Waals surface area contributed by atoms with Crippen LogP contribution in [0, 0.1) is 0 Å². The fourth-order valence-electron chi connectivity index (χ4n) is 2.70. The lowest BCUT2D eigenvalue weighted by molar-refractivity contribution is -0.118. The molecule has 0 saturated heterocycles. The predicted octanol–water partition coefficient (Wildman–Crippen LogP) is 3.29. The smallest absolute Gasteiger partial charge is 0.230 e. The van der Waals surface area contributed by atoms with Crippen LogP contribution in [0.15, 0.2) is 75.0 Å². The number of furan rings is 2. The first-order valence-electron chi connectivity index (χ1n) is 8.86. The highest BCUT2D eigenvalue weighted by Gasteiger charge is 2.17. The summed E-state index contributed by atoms with van der Waals surface area (Å²) in [5.41, 5.74) is 0.802. The molecular formula is C20H18N4O4S. The highest BCUT2D eigenvalue weighted by molar-refractivity contribution is 7.99. The molecule has 29 heavy (non-hydrogen) atoms. The highest BCUT2D eigenvalue weighted by atomic mass is 32.2. The number of aromatic hydroxyl groups is 1. The molecule has 0 spiro atoms. The van der Waals surface area contributed by atoms with Gasteiger partial charge in [-0.05, 0) is 48.5 Å². The number of rotatable bonds is 8. The van der Waals surface area contributed by atoms with Crippen LogP contribution in [0.25, 0.3) is 11.4 Å². The Labute approximate surface area is 170 Å². The lowest BCUT2D eigenvalue weighted by Gasteiger charge is -2.09. The van der Waals surface area contributed by atoms with Gasteiger partial charge in [0, 0.05) is 5.56 Å². The molecule has 1 aromatic carbocycles. The van der Waals surface area contributed by atoms with E-state index in [0.717, 1.165) is 11.3 Å². The van der Waals surface area contributed by atoms with Crippen LogP contribution in [0.3, 0.4) is 0 Å². The van der Waals surface area contributed by atoms with Gasteiger partial charge in [-0.3, -0.25) is 9.36 Å². The van der Waals surface area contributed by atoms with Crippen molar-refractivity contribution in [1.29, 1.82) is 0 Å². The minimum Gasteiger partial charge on any atom is -0.508 e. The largest absolute Gasteiger partial charge is 0.508 e. The van der Waals surface area contributed by atoms with E-state index < -0.39 is 0 Å². The van der Waals surface area contributed by atoms with Gasteiger partial charge in [0.05, 0.1) is 31.4 Å². The maximum absolute atomic E-state index is 12.2. The molecule has 0 aliphatic carbocycles. The SMILES string of the molecule is O=C(CSc1nnc(-c2ccc(O)cc2)n1Cc1ccco1)NCc1ccco1. The van der Waals surface area contributed by atoms with Crippen LogP contribution in [0.1, 0.15) is 11.5 Å². The third kappa shape index (κ3) is 4.69. The highest BCUT2D eigenvalue weighted by Crippen LogP contribution is 2.26. The van der Waals surface area contributed by atoms with Crippen molar-refractivity contribution in [1.82, 2.24) is 20.1 Å². The maximum atomic E-state index is 12.2. The Kier molecular flexibility index (Phi) is 5.66. The zero-order chi connectivity index (χ0) is 20.1. The molecule has 3 aromatic heterocycles. The van der Waals surface area contributed by atoms with Crippen molar-refractivity contribution < 1.29 is 18.7 Å². The predicted molar refractivity (Wildman–Crippen MR) is 106 cm³/mol. The van der Waals surface area contributed by atoms with Gasteiger partial charge in [-0.1, -0.05) is 11.8 Å². The van der Waals surface area contributed by atoms with E-state index in [1.165, 1.54) is 11.8 Å². The molecule has 3 heterocycles. The molecule has 0 radical (unpaired) electrons. The molecule has 148 valence electrons. The number of aromatic nitrogens is 3.